The summed E-state index contributed by atoms with van der Waals surface area (Å²) in [6.45, 7) is 0.148. The van der Waals surface area contributed by atoms with E-state index in [0.29, 0.717) is 5.82 Å². The zero-order chi connectivity index (χ0) is 12.6. The molecule has 2 N–H and O–H groups in total. The molecule has 0 saturated heterocycles. The number of halogens is 3. The molecule has 1 heterocycles. The molecule has 2 rings (SSSR count). The van der Waals surface area contributed by atoms with Gasteiger partial charge in [-0.2, -0.15) is 0 Å². The number of benzene rings is 1. The molecule has 4 nitrogen and oxygen atoms in total. The van der Waals surface area contributed by atoms with Crippen LogP contribution in [-0.4, -0.2) is 14.8 Å². The molecule has 0 unspecified atom stereocenters. The number of nitrogens with zero attached hydrogens (tertiary/aromatic N) is 3. The largest absolute Gasteiger partial charge is 0.324 e. The fraction of sp³-hybridized carbons (Fsp3) is 0.200. The molecule has 0 radical (unpaired) electrons. The zero-order valence-electron chi connectivity index (χ0n) is 8.91. The van der Waals surface area contributed by atoms with E-state index < -0.39 is 17.5 Å². The van der Waals surface area contributed by atoms with Gasteiger partial charge in [-0.15, -0.1) is 10.2 Å². The van der Waals surface area contributed by atoms with Crippen LogP contribution in [0.2, 0.25) is 0 Å². The van der Waals surface area contributed by atoms with Crippen LogP contribution in [0.15, 0.2) is 12.1 Å². The summed E-state index contributed by atoms with van der Waals surface area (Å²) in [4.78, 5) is 0. The van der Waals surface area contributed by atoms with Gasteiger partial charge in [0.05, 0.1) is 6.54 Å². The first-order chi connectivity index (χ1) is 8.04. The molecule has 0 aliphatic carbocycles. The summed E-state index contributed by atoms with van der Waals surface area (Å²) in [5.74, 6) is -3.35. The summed E-state index contributed by atoms with van der Waals surface area (Å²) in [5.41, 5.74) is 5.50. The average Bonchev–Trinajstić information content (AvgIpc) is 2.66. The third-order valence-corrected chi connectivity index (χ3v) is 2.39. The summed E-state index contributed by atoms with van der Waals surface area (Å²) < 4.78 is 40.4. The number of nitrogens with two attached hydrogens (primary N) is 1. The van der Waals surface area contributed by atoms with Crippen LogP contribution in [0.1, 0.15) is 5.82 Å². The standard InChI is InChI=1S/C10H9F3N4/c1-17-8(4-14)15-16-10(17)5-2-6(11)9(13)7(12)3-5/h2-3H,4,14H2,1H3. The van der Waals surface area contributed by atoms with E-state index in [1.807, 2.05) is 0 Å². The van der Waals surface area contributed by atoms with Crippen LogP contribution in [0, 0.1) is 17.5 Å². The monoisotopic (exact) mass is 242 g/mol. The quantitative estimate of drug-likeness (QED) is 0.809. The summed E-state index contributed by atoms with van der Waals surface area (Å²) in [7, 11) is 1.61. The van der Waals surface area contributed by atoms with E-state index in [4.69, 9.17) is 5.73 Å². The molecule has 7 heteroatoms. The van der Waals surface area contributed by atoms with Gasteiger partial charge in [-0.05, 0) is 12.1 Å². The van der Waals surface area contributed by atoms with Crippen molar-refractivity contribution in [3.63, 3.8) is 0 Å². The van der Waals surface area contributed by atoms with Gasteiger partial charge in [0.25, 0.3) is 0 Å². The van der Waals surface area contributed by atoms with Gasteiger partial charge in [-0.25, -0.2) is 13.2 Å². The van der Waals surface area contributed by atoms with E-state index in [2.05, 4.69) is 10.2 Å². The van der Waals surface area contributed by atoms with Gasteiger partial charge in [-0.1, -0.05) is 0 Å². The van der Waals surface area contributed by atoms with E-state index in [-0.39, 0.29) is 17.9 Å². The minimum absolute atomic E-state index is 0.108. The SMILES string of the molecule is Cn1c(CN)nnc1-c1cc(F)c(F)c(F)c1. The van der Waals surface area contributed by atoms with Crippen LogP contribution in [0.3, 0.4) is 0 Å². The number of aromatic nitrogens is 3. The molecule has 0 aliphatic heterocycles. The Morgan fingerprint density at radius 2 is 1.76 bits per heavy atom. The van der Waals surface area contributed by atoms with Gasteiger partial charge in [0, 0.05) is 12.6 Å². The Bertz CT molecular complexity index is 542. The predicted octanol–water partition coefficient (Wildman–Crippen LogP) is 1.36. The lowest BCUT2D eigenvalue weighted by atomic mass is 10.2. The number of hydrogen-bond donors (Lipinski definition) is 1. The topological polar surface area (TPSA) is 56.7 Å². The van der Waals surface area contributed by atoms with Crippen molar-refractivity contribution < 1.29 is 13.2 Å². The van der Waals surface area contributed by atoms with Crippen molar-refractivity contribution in [2.24, 2.45) is 12.8 Å². The van der Waals surface area contributed by atoms with Crippen molar-refractivity contribution in [1.82, 2.24) is 14.8 Å². The van der Waals surface area contributed by atoms with Crippen molar-refractivity contribution in [3.8, 4) is 11.4 Å². The number of hydrogen-bond acceptors (Lipinski definition) is 3. The smallest absolute Gasteiger partial charge is 0.194 e. The summed E-state index contributed by atoms with van der Waals surface area (Å²) in [6, 6.07) is 1.73. The Morgan fingerprint density at radius 1 is 1.18 bits per heavy atom. The van der Waals surface area contributed by atoms with Gasteiger partial charge in [0.1, 0.15) is 5.82 Å². The minimum Gasteiger partial charge on any atom is -0.324 e. The minimum atomic E-state index is -1.50. The summed E-state index contributed by atoms with van der Waals surface area (Å²) in [5, 5.41) is 7.49. The highest BCUT2D eigenvalue weighted by molar-refractivity contribution is 5.55. The molecule has 1 aromatic carbocycles. The van der Waals surface area contributed by atoms with Crippen molar-refractivity contribution in [1.29, 1.82) is 0 Å². The Hall–Kier alpha value is -1.89. The predicted molar refractivity (Wildman–Crippen MR) is 54.2 cm³/mol. The Balaban J connectivity index is 2.57. The normalized spacial score (nSPS) is 10.9. The van der Waals surface area contributed by atoms with Crippen LogP contribution >= 0.6 is 0 Å². The Kier molecular flexibility index (Phi) is 2.84. The highest BCUT2D eigenvalue weighted by atomic mass is 19.2. The van der Waals surface area contributed by atoms with Gasteiger partial charge in [0.15, 0.2) is 23.3 Å². The van der Waals surface area contributed by atoms with Crippen molar-refractivity contribution in [3.05, 3.63) is 35.4 Å². The van der Waals surface area contributed by atoms with E-state index in [1.54, 1.807) is 7.05 Å². The highest BCUT2D eigenvalue weighted by Gasteiger charge is 2.15. The molecule has 17 heavy (non-hydrogen) atoms. The molecular formula is C10H9F3N4. The molecule has 1 aromatic heterocycles. The Labute approximate surface area is 94.9 Å². The second-order valence-electron chi connectivity index (χ2n) is 3.46. The van der Waals surface area contributed by atoms with E-state index >= 15 is 0 Å². The lowest BCUT2D eigenvalue weighted by molar-refractivity contribution is 0.447. The van der Waals surface area contributed by atoms with E-state index in [0.717, 1.165) is 12.1 Å². The van der Waals surface area contributed by atoms with Crippen molar-refractivity contribution in [2.45, 2.75) is 6.54 Å². The van der Waals surface area contributed by atoms with Gasteiger partial charge < -0.3 is 10.3 Å². The van der Waals surface area contributed by atoms with E-state index in [9.17, 15) is 13.2 Å². The third kappa shape index (κ3) is 1.89. The van der Waals surface area contributed by atoms with Crippen LogP contribution in [0.25, 0.3) is 11.4 Å². The molecule has 90 valence electrons. The average molecular weight is 242 g/mol. The summed E-state index contributed by atoms with van der Waals surface area (Å²) in [6.07, 6.45) is 0. The molecule has 0 amide bonds. The first-order valence-electron chi connectivity index (χ1n) is 4.78. The van der Waals surface area contributed by atoms with E-state index in [1.165, 1.54) is 4.57 Å². The second-order valence-corrected chi connectivity index (χ2v) is 3.46. The van der Waals surface area contributed by atoms with Crippen molar-refractivity contribution >= 4 is 0 Å². The molecule has 0 aliphatic rings. The Morgan fingerprint density at radius 3 is 2.24 bits per heavy atom. The molecule has 0 bridgehead atoms. The molecule has 0 spiro atoms. The fourth-order valence-electron chi connectivity index (χ4n) is 1.48. The maximum Gasteiger partial charge on any atom is 0.194 e. The van der Waals surface area contributed by atoms with Gasteiger partial charge >= 0.3 is 0 Å². The lowest BCUT2D eigenvalue weighted by Crippen LogP contribution is -2.05. The molecule has 2 aromatic rings. The maximum absolute atomic E-state index is 13.0. The maximum atomic E-state index is 13.0. The first-order valence-corrected chi connectivity index (χ1v) is 4.78. The van der Waals surface area contributed by atoms with Crippen LogP contribution in [0.5, 0.6) is 0 Å². The van der Waals surface area contributed by atoms with Crippen molar-refractivity contribution in [2.75, 3.05) is 0 Å². The van der Waals surface area contributed by atoms with Gasteiger partial charge in [0.2, 0.25) is 0 Å². The second kappa shape index (κ2) is 4.17. The summed E-state index contributed by atoms with van der Waals surface area (Å²) >= 11 is 0. The molecular weight excluding hydrogens is 233 g/mol. The molecule has 0 atom stereocenters. The van der Waals surface area contributed by atoms with Gasteiger partial charge in [-0.3, -0.25) is 0 Å². The lowest BCUT2D eigenvalue weighted by Gasteiger charge is -2.04. The van der Waals surface area contributed by atoms with Crippen LogP contribution in [-0.2, 0) is 13.6 Å². The third-order valence-electron chi connectivity index (χ3n) is 2.39. The van der Waals surface area contributed by atoms with Crippen LogP contribution in [0.4, 0.5) is 13.2 Å². The number of rotatable bonds is 2. The zero-order valence-corrected chi connectivity index (χ0v) is 8.91. The first kappa shape index (κ1) is 11.6. The van der Waals surface area contributed by atoms with Crippen LogP contribution < -0.4 is 5.73 Å². The molecule has 0 saturated carbocycles. The fourth-order valence-corrected chi connectivity index (χ4v) is 1.48. The highest BCUT2D eigenvalue weighted by Crippen LogP contribution is 2.22. The molecule has 0 fully saturated rings.